The molecule has 0 N–H and O–H groups in total. The van der Waals surface area contributed by atoms with E-state index in [2.05, 4.69) is 38.2 Å². The van der Waals surface area contributed by atoms with Crippen LogP contribution in [0.5, 0.6) is 0 Å². The molecule has 0 rings (SSSR count). The summed E-state index contributed by atoms with van der Waals surface area (Å²) >= 11 is 0. The van der Waals surface area contributed by atoms with Gasteiger partial charge in [0.25, 0.3) is 7.82 Å². The van der Waals surface area contributed by atoms with Gasteiger partial charge in [0.1, 0.15) is 19.8 Å². The maximum Gasteiger partial charge on any atom is 0.306 e. The first-order valence-corrected chi connectivity index (χ1v) is 26.5. The first-order valence-electron chi connectivity index (χ1n) is 25.0. The van der Waals surface area contributed by atoms with E-state index >= 15 is 0 Å². The van der Waals surface area contributed by atoms with E-state index < -0.39 is 32.5 Å². The molecule has 0 aromatic rings. The van der Waals surface area contributed by atoms with E-state index in [9.17, 15) is 19.0 Å². The summed E-state index contributed by atoms with van der Waals surface area (Å²) < 4.78 is 33.9. The molecule has 1 unspecified atom stereocenters. The van der Waals surface area contributed by atoms with Crippen LogP contribution < -0.4 is 4.89 Å². The Kier molecular flexibility index (Phi) is 41.7. The summed E-state index contributed by atoms with van der Waals surface area (Å²) in [6.07, 6.45) is 48.0. The lowest BCUT2D eigenvalue weighted by Crippen LogP contribution is -2.37. The zero-order valence-corrected chi connectivity index (χ0v) is 40.8. The van der Waals surface area contributed by atoms with E-state index in [1.54, 1.807) is 0 Å². The number of unbranched alkanes of at least 4 members (excludes halogenated alkanes) is 28. The third kappa shape index (κ3) is 46.0. The number of carbonyl (C=O) groups is 2. The molecule has 0 aromatic heterocycles. The van der Waals surface area contributed by atoms with Crippen LogP contribution in [-0.4, -0.2) is 70.0 Å². The van der Waals surface area contributed by atoms with Gasteiger partial charge in [-0.3, -0.25) is 14.2 Å². The molecule has 0 spiro atoms. The molecule has 0 saturated heterocycles. The lowest BCUT2D eigenvalue weighted by Gasteiger charge is -2.28. The molecular formula is C50H96NO8P. The van der Waals surface area contributed by atoms with Crippen LogP contribution in [0.25, 0.3) is 0 Å². The molecule has 2 atom stereocenters. The SMILES string of the molecule is CCCCCCCC/C=C/CCCCCC(=O)OC[C@H](COP(=O)([O-])OCC[N+](C)(C)C)OC(=O)CCC/C=C/CCCCCCCCCCCCCCCCCCCC. The molecule has 0 bridgehead atoms. The van der Waals surface area contributed by atoms with E-state index in [4.69, 9.17) is 18.5 Å². The first-order chi connectivity index (χ1) is 29.0. The molecule has 0 amide bonds. The molecule has 0 radical (unpaired) electrons. The van der Waals surface area contributed by atoms with Crippen molar-refractivity contribution in [1.82, 2.24) is 0 Å². The van der Waals surface area contributed by atoms with Crippen molar-refractivity contribution in [2.24, 2.45) is 0 Å². The maximum absolute atomic E-state index is 12.7. The number of esters is 2. The second-order valence-electron chi connectivity index (χ2n) is 18.2. The average Bonchev–Trinajstić information content (AvgIpc) is 3.20. The number of quaternary nitrogens is 1. The van der Waals surface area contributed by atoms with Gasteiger partial charge < -0.3 is 27.9 Å². The van der Waals surface area contributed by atoms with E-state index in [-0.39, 0.29) is 26.1 Å². The quantitative estimate of drug-likeness (QED) is 0.0195. The highest BCUT2D eigenvalue weighted by molar-refractivity contribution is 7.45. The number of hydrogen-bond acceptors (Lipinski definition) is 8. The Morgan fingerprint density at radius 1 is 0.500 bits per heavy atom. The first kappa shape index (κ1) is 58.5. The van der Waals surface area contributed by atoms with Crippen molar-refractivity contribution in [3.05, 3.63) is 24.3 Å². The fraction of sp³-hybridized carbons (Fsp3) is 0.880. The van der Waals surface area contributed by atoms with E-state index in [0.29, 0.717) is 23.9 Å². The van der Waals surface area contributed by atoms with Crippen LogP contribution >= 0.6 is 7.82 Å². The minimum absolute atomic E-state index is 0.0360. The third-order valence-electron chi connectivity index (χ3n) is 10.9. The maximum atomic E-state index is 12.7. The van der Waals surface area contributed by atoms with Crippen LogP contribution in [0.1, 0.15) is 232 Å². The second kappa shape index (κ2) is 42.8. The van der Waals surface area contributed by atoms with E-state index in [0.717, 1.165) is 38.5 Å². The molecular weight excluding hydrogens is 774 g/mol. The topological polar surface area (TPSA) is 111 Å². The van der Waals surface area contributed by atoms with Crippen LogP contribution in [0.4, 0.5) is 0 Å². The number of phosphoric acid groups is 1. The van der Waals surface area contributed by atoms with Gasteiger partial charge in [0.05, 0.1) is 27.7 Å². The second-order valence-corrected chi connectivity index (χ2v) is 19.6. The zero-order chi connectivity index (χ0) is 44.3. The molecule has 0 aliphatic rings. The summed E-state index contributed by atoms with van der Waals surface area (Å²) in [6, 6.07) is 0. The molecule has 60 heavy (non-hydrogen) atoms. The number of rotatable bonds is 46. The van der Waals surface area contributed by atoms with Crippen LogP contribution in [0, 0.1) is 0 Å². The van der Waals surface area contributed by atoms with Gasteiger partial charge in [0.15, 0.2) is 6.10 Å². The highest BCUT2D eigenvalue weighted by Crippen LogP contribution is 2.38. The van der Waals surface area contributed by atoms with E-state index in [1.165, 1.54) is 154 Å². The van der Waals surface area contributed by atoms with Crippen molar-refractivity contribution in [3.63, 3.8) is 0 Å². The summed E-state index contributed by atoms with van der Waals surface area (Å²) in [5.74, 6) is -0.883. The number of allylic oxidation sites excluding steroid dienone is 4. The Morgan fingerprint density at radius 3 is 1.28 bits per heavy atom. The van der Waals surface area contributed by atoms with E-state index in [1.807, 2.05) is 21.1 Å². The summed E-state index contributed by atoms with van der Waals surface area (Å²) in [5.41, 5.74) is 0. The molecule has 0 fully saturated rings. The molecule has 10 heteroatoms. The fourth-order valence-corrected chi connectivity index (χ4v) is 7.74. The summed E-state index contributed by atoms with van der Waals surface area (Å²) in [4.78, 5) is 37.6. The van der Waals surface area contributed by atoms with Crippen LogP contribution in [0.15, 0.2) is 24.3 Å². The van der Waals surface area contributed by atoms with Crippen LogP contribution in [0.2, 0.25) is 0 Å². The molecule has 354 valence electrons. The molecule has 0 aliphatic carbocycles. The van der Waals surface area contributed by atoms with Crippen molar-refractivity contribution < 1.29 is 42.1 Å². The normalized spacial score (nSPS) is 13.6. The average molecular weight is 870 g/mol. The predicted molar refractivity (Wildman–Crippen MR) is 250 cm³/mol. The van der Waals surface area contributed by atoms with Gasteiger partial charge in [0.2, 0.25) is 0 Å². The number of phosphoric ester groups is 1. The van der Waals surface area contributed by atoms with Crippen LogP contribution in [0.3, 0.4) is 0 Å². The zero-order valence-electron chi connectivity index (χ0n) is 39.9. The molecule has 0 aliphatic heterocycles. The standard InChI is InChI=1S/C50H96NO8P/c1-6-8-10-12-14-16-18-20-21-22-23-24-25-26-27-28-29-31-33-35-37-39-41-43-50(53)59-48(47-58-60(54,55)57-45-44-51(3,4)5)46-56-49(52)42-40-38-36-34-32-30-19-17-15-13-11-9-7-2/h30,32,35,37,48H,6-29,31,33-34,36,38-47H2,1-5H3/b32-30+,37-35+/t48-/m1/s1. The Bertz CT molecular complexity index is 1070. The smallest absolute Gasteiger partial charge is 0.306 e. The van der Waals surface area contributed by atoms with Gasteiger partial charge in [0, 0.05) is 12.8 Å². The predicted octanol–water partition coefficient (Wildman–Crippen LogP) is 14.1. The number of ether oxygens (including phenoxy) is 2. The number of nitrogens with zero attached hydrogens (tertiary/aromatic N) is 1. The summed E-state index contributed by atoms with van der Waals surface area (Å²) in [5, 5.41) is 0. The Balaban J connectivity index is 4.24. The highest BCUT2D eigenvalue weighted by atomic mass is 31.2. The molecule has 0 heterocycles. The van der Waals surface area contributed by atoms with Crippen molar-refractivity contribution in [2.45, 2.75) is 238 Å². The number of carbonyl (C=O) groups excluding carboxylic acids is 2. The summed E-state index contributed by atoms with van der Waals surface area (Å²) in [6.45, 7) is 4.20. The minimum Gasteiger partial charge on any atom is -0.756 e. The van der Waals surface area contributed by atoms with Gasteiger partial charge in [-0.25, -0.2) is 0 Å². The van der Waals surface area contributed by atoms with Crippen LogP contribution in [-0.2, 0) is 32.7 Å². The van der Waals surface area contributed by atoms with Gasteiger partial charge in [-0.15, -0.1) is 0 Å². The third-order valence-corrected chi connectivity index (χ3v) is 11.9. The largest absolute Gasteiger partial charge is 0.756 e. The Morgan fingerprint density at radius 2 is 0.867 bits per heavy atom. The molecule has 0 saturated carbocycles. The van der Waals surface area contributed by atoms with Gasteiger partial charge in [-0.05, 0) is 57.8 Å². The van der Waals surface area contributed by atoms with Gasteiger partial charge in [-0.2, -0.15) is 0 Å². The van der Waals surface area contributed by atoms with Gasteiger partial charge in [-0.1, -0.05) is 186 Å². The van der Waals surface area contributed by atoms with Crippen molar-refractivity contribution in [1.29, 1.82) is 0 Å². The van der Waals surface area contributed by atoms with Gasteiger partial charge >= 0.3 is 11.9 Å². The lowest BCUT2D eigenvalue weighted by molar-refractivity contribution is -0.870. The lowest BCUT2D eigenvalue weighted by atomic mass is 10.0. The van der Waals surface area contributed by atoms with Crippen molar-refractivity contribution in [2.75, 3.05) is 47.5 Å². The Hall–Kier alpha value is -1.51. The fourth-order valence-electron chi connectivity index (χ4n) is 7.01. The number of hydrogen-bond donors (Lipinski definition) is 0. The molecule has 0 aromatic carbocycles. The molecule has 9 nitrogen and oxygen atoms in total. The minimum atomic E-state index is -4.63. The number of likely N-dealkylation sites (N-methyl/N-ethyl adjacent to an activating group) is 1. The Labute approximate surface area is 370 Å². The highest BCUT2D eigenvalue weighted by Gasteiger charge is 2.21. The summed E-state index contributed by atoms with van der Waals surface area (Å²) in [7, 11) is 1.15. The monoisotopic (exact) mass is 870 g/mol. The van der Waals surface area contributed by atoms with Crippen molar-refractivity contribution >= 4 is 19.8 Å². The van der Waals surface area contributed by atoms with Crippen molar-refractivity contribution in [3.8, 4) is 0 Å².